The molecule has 4 atom stereocenters. The molecule has 45 heavy (non-hydrogen) atoms. The number of amides is 3. The molecular formula is C33H43N7O5. The van der Waals surface area contributed by atoms with Crippen LogP contribution in [0.5, 0.6) is 0 Å². The van der Waals surface area contributed by atoms with Crippen LogP contribution in [-0.2, 0) is 32.0 Å². The number of nitrogens with one attached hydrogen (secondary N) is 5. The molecule has 0 saturated heterocycles. The fourth-order valence-electron chi connectivity index (χ4n) is 5.32. The van der Waals surface area contributed by atoms with Gasteiger partial charge in [0.1, 0.15) is 18.1 Å². The minimum atomic E-state index is -1.18. The first-order chi connectivity index (χ1) is 21.6. The molecular weight excluding hydrogens is 574 g/mol. The summed E-state index contributed by atoms with van der Waals surface area (Å²) < 4.78 is 0. The van der Waals surface area contributed by atoms with Crippen molar-refractivity contribution in [1.82, 2.24) is 25.9 Å². The number of H-pyrrole nitrogens is 2. The zero-order valence-corrected chi connectivity index (χ0v) is 25.6. The summed E-state index contributed by atoms with van der Waals surface area (Å²) in [7, 11) is 0. The predicted octanol–water partition coefficient (Wildman–Crippen LogP) is 2.09. The van der Waals surface area contributed by atoms with Gasteiger partial charge in [0.05, 0.1) is 6.04 Å². The molecule has 3 amide bonds. The Morgan fingerprint density at radius 3 is 1.67 bits per heavy atom. The molecule has 12 heteroatoms. The van der Waals surface area contributed by atoms with Crippen LogP contribution >= 0.6 is 0 Å². The summed E-state index contributed by atoms with van der Waals surface area (Å²) in [5.41, 5.74) is 15.0. The summed E-state index contributed by atoms with van der Waals surface area (Å²) >= 11 is 0. The Morgan fingerprint density at radius 2 is 1.20 bits per heavy atom. The molecule has 0 aliphatic carbocycles. The third-order valence-electron chi connectivity index (χ3n) is 8.05. The SMILES string of the molecule is CC(C)C(N)C(=O)NC(Cc1c[nH]c2ccccc12)C(=O)NC(Cc1c[nH]c2ccccc12)C(=O)NC(CCCCN)C(=O)O. The Morgan fingerprint density at radius 1 is 0.733 bits per heavy atom. The lowest BCUT2D eigenvalue weighted by Gasteiger charge is -2.26. The molecule has 10 N–H and O–H groups in total. The predicted molar refractivity (Wildman–Crippen MR) is 173 cm³/mol. The lowest BCUT2D eigenvalue weighted by Crippen LogP contribution is -2.58. The number of rotatable bonds is 16. The van der Waals surface area contributed by atoms with E-state index in [9.17, 15) is 24.3 Å². The molecule has 0 aliphatic heterocycles. The second-order valence-corrected chi connectivity index (χ2v) is 11.7. The van der Waals surface area contributed by atoms with Crippen molar-refractivity contribution in [2.24, 2.45) is 17.4 Å². The van der Waals surface area contributed by atoms with E-state index in [-0.39, 0.29) is 25.2 Å². The van der Waals surface area contributed by atoms with Crippen molar-refractivity contribution in [3.8, 4) is 0 Å². The van der Waals surface area contributed by atoms with E-state index >= 15 is 0 Å². The lowest BCUT2D eigenvalue weighted by atomic mass is 10.00. The number of fused-ring (bicyclic) bond motifs is 2. The molecule has 12 nitrogen and oxygen atoms in total. The third kappa shape index (κ3) is 8.49. The Balaban J connectivity index is 1.63. The van der Waals surface area contributed by atoms with Crippen LogP contribution in [0.25, 0.3) is 21.8 Å². The van der Waals surface area contributed by atoms with Crippen molar-refractivity contribution >= 4 is 45.5 Å². The van der Waals surface area contributed by atoms with Crippen LogP contribution in [-0.4, -0.2) is 69.5 Å². The second kappa shape index (κ2) is 15.4. The Hall–Kier alpha value is -4.68. The smallest absolute Gasteiger partial charge is 0.326 e. The van der Waals surface area contributed by atoms with Gasteiger partial charge in [-0.1, -0.05) is 50.2 Å². The Bertz CT molecular complexity index is 1630. The van der Waals surface area contributed by atoms with Crippen molar-refractivity contribution in [2.75, 3.05) is 6.54 Å². The molecule has 2 heterocycles. The number of aromatic nitrogens is 2. The first-order valence-electron chi connectivity index (χ1n) is 15.3. The van der Waals surface area contributed by atoms with E-state index in [1.54, 1.807) is 12.4 Å². The van der Waals surface area contributed by atoms with Crippen LogP contribution in [0.2, 0.25) is 0 Å². The summed E-state index contributed by atoms with van der Waals surface area (Å²) in [5, 5.41) is 19.8. The normalized spacial score (nSPS) is 14.2. The van der Waals surface area contributed by atoms with Gasteiger partial charge in [-0.3, -0.25) is 14.4 Å². The molecule has 2 aromatic heterocycles. The zero-order valence-electron chi connectivity index (χ0n) is 25.6. The van der Waals surface area contributed by atoms with Crippen LogP contribution < -0.4 is 27.4 Å². The number of para-hydroxylation sites is 2. The van der Waals surface area contributed by atoms with E-state index in [0.717, 1.165) is 32.9 Å². The monoisotopic (exact) mass is 617 g/mol. The van der Waals surface area contributed by atoms with Crippen LogP contribution in [0.1, 0.15) is 44.2 Å². The summed E-state index contributed by atoms with van der Waals surface area (Å²) in [6.07, 6.45) is 5.08. The van der Waals surface area contributed by atoms with Crippen LogP contribution in [0.15, 0.2) is 60.9 Å². The number of carboxylic acids is 1. The highest BCUT2D eigenvalue weighted by molar-refractivity contribution is 5.95. The standard InChI is InChI=1S/C33H43N7O5/c1-19(2)29(35)32(43)40-28(16-21-18-37-25-12-6-4-10-23(21)25)31(42)39-27(15-20-17-36-24-11-5-3-9-22(20)24)30(41)38-26(33(44)45)13-7-8-14-34/h3-6,9-12,17-19,26-29,36-37H,7-8,13-16,34-35H2,1-2H3,(H,38,41)(H,39,42)(H,40,43)(H,44,45). The molecule has 0 spiro atoms. The summed E-state index contributed by atoms with van der Waals surface area (Å²) in [5.74, 6) is -3.09. The highest BCUT2D eigenvalue weighted by Crippen LogP contribution is 2.21. The first-order valence-corrected chi connectivity index (χ1v) is 15.3. The zero-order chi connectivity index (χ0) is 32.5. The lowest BCUT2D eigenvalue weighted by molar-refractivity contribution is -0.142. The molecule has 2 aromatic carbocycles. The Kier molecular flexibility index (Phi) is 11.3. The minimum Gasteiger partial charge on any atom is -0.480 e. The van der Waals surface area contributed by atoms with E-state index in [1.165, 1.54) is 0 Å². The first kappa shape index (κ1) is 33.2. The van der Waals surface area contributed by atoms with Crippen molar-refractivity contribution in [1.29, 1.82) is 0 Å². The van der Waals surface area contributed by atoms with Gasteiger partial charge in [-0.05, 0) is 55.0 Å². The topological polar surface area (TPSA) is 208 Å². The number of aliphatic carboxylic acids is 1. The van der Waals surface area contributed by atoms with Crippen molar-refractivity contribution in [3.05, 3.63) is 72.1 Å². The average Bonchev–Trinajstić information content (AvgIpc) is 3.63. The maximum absolute atomic E-state index is 14.0. The molecule has 0 fully saturated rings. The van der Waals surface area contributed by atoms with Crippen LogP contribution in [0, 0.1) is 5.92 Å². The molecule has 240 valence electrons. The quantitative estimate of drug-likeness (QED) is 0.0877. The number of aromatic amines is 2. The van der Waals surface area contributed by atoms with Crippen molar-refractivity contribution < 1.29 is 24.3 Å². The fourth-order valence-corrected chi connectivity index (χ4v) is 5.32. The molecule has 0 bridgehead atoms. The van der Waals surface area contributed by atoms with Gasteiger partial charge >= 0.3 is 5.97 Å². The van der Waals surface area contributed by atoms with Crippen LogP contribution in [0.3, 0.4) is 0 Å². The average molecular weight is 618 g/mol. The van der Waals surface area contributed by atoms with Gasteiger partial charge < -0.3 is 42.5 Å². The minimum absolute atomic E-state index is 0.0794. The maximum Gasteiger partial charge on any atom is 0.326 e. The molecule has 4 aromatic rings. The van der Waals surface area contributed by atoms with E-state index in [1.807, 2.05) is 62.4 Å². The van der Waals surface area contributed by atoms with Gasteiger partial charge in [0.2, 0.25) is 17.7 Å². The van der Waals surface area contributed by atoms with E-state index in [2.05, 4.69) is 25.9 Å². The third-order valence-corrected chi connectivity index (χ3v) is 8.05. The van der Waals surface area contributed by atoms with Crippen LogP contribution in [0.4, 0.5) is 0 Å². The molecule has 4 unspecified atom stereocenters. The molecule has 0 aliphatic rings. The number of hydrogen-bond donors (Lipinski definition) is 8. The van der Waals surface area contributed by atoms with Gasteiger partial charge in [0.25, 0.3) is 0 Å². The van der Waals surface area contributed by atoms with E-state index in [4.69, 9.17) is 11.5 Å². The highest BCUT2D eigenvalue weighted by atomic mass is 16.4. The van der Waals surface area contributed by atoms with Crippen molar-refractivity contribution in [3.63, 3.8) is 0 Å². The molecule has 0 radical (unpaired) electrons. The second-order valence-electron chi connectivity index (χ2n) is 11.7. The number of hydrogen-bond acceptors (Lipinski definition) is 6. The van der Waals surface area contributed by atoms with Gasteiger partial charge in [-0.2, -0.15) is 0 Å². The highest BCUT2D eigenvalue weighted by Gasteiger charge is 2.32. The van der Waals surface area contributed by atoms with Gasteiger partial charge in [0.15, 0.2) is 0 Å². The largest absolute Gasteiger partial charge is 0.480 e. The van der Waals surface area contributed by atoms with Gasteiger partial charge in [-0.15, -0.1) is 0 Å². The Labute approximate surface area is 261 Å². The summed E-state index contributed by atoms with van der Waals surface area (Å²) in [6, 6.07) is 10.9. The maximum atomic E-state index is 14.0. The van der Waals surface area contributed by atoms with E-state index < -0.39 is 47.9 Å². The number of unbranched alkanes of at least 4 members (excludes halogenated alkanes) is 1. The van der Waals surface area contributed by atoms with Gasteiger partial charge in [-0.25, -0.2) is 4.79 Å². The number of benzene rings is 2. The van der Waals surface area contributed by atoms with E-state index in [0.29, 0.717) is 19.4 Å². The molecule has 0 saturated carbocycles. The summed E-state index contributed by atoms with van der Waals surface area (Å²) in [4.78, 5) is 59.1. The number of carboxylic acid groups (broad SMARTS) is 1. The summed E-state index contributed by atoms with van der Waals surface area (Å²) in [6.45, 7) is 4.03. The fraction of sp³-hybridized carbons (Fsp3) is 0.394. The van der Waals surface area contributed by atoms with Gasteiger partial charge in [0, 0.05) is 47.0 Å². The molecule has 4 rings (SSSR count). The number of nitrogens with two attached hydrogens (primary N) is 2. The number of carbonyl (C=O) groups excluding carboxylic acids is 3. The number of carbonyl (C=O) groups is 4. The van der Waals surface area contributed by atoms with Crippen molar-refractivity contribution in [2.45, 2.75) is 70.1 Å².